The van der Waals surface area contributed by atoms with E-state index in [2.05, 4.69) is 10.6 Å². The number of carbonyl (C=O) groups excluding carboxylic acids is 4. The second-order valence-corrected chi connectivity index (χ2v) is 8.21. The van der Waals surface area contributed by atoms with Crippen molar-refractivity contribution in [3.05, 3.63) is 88.0 Å². The molecule has 3 aromatic rings. The molecule has 0 bridgehead atoms. The summed E-state index contributed by atoms with van der Waals surface area (Å²) in [7, 11) is 2.91. The maximum atomic E-state index is 13.1. The van der Waals surface area contributed by atoms with Gasteiger partial charge in [0.25, 0.3) is 23.4 Å². The normalized spacial score (nSPS) is 14.0. The topological polar surface area (TPSA) is 166 Å². The van der Waals surface area contributed by atoms with Crippen LogP contribution in [0.5, 0.6) is 17.2 Å². The van der Waals surface area contributed by atoms with E-state index in [-0.39, 0.29) is 35.1 Å². The zero-order valence-electron chi connectivity index (χ0n) is 21.2. The number of carbonyl (C=O) groups is 4. The first-order chi connectivity index (χ1) is 19.2. The van der Waals surface area contributed by atoms with E-state index in [4.69, 9.17) is 14.2 Å². The van der Waals surface area contributed by atoms with Gasteiger partial charge in [-0.1, -0.05) is 12.1 Å². The van der Waals surface area contributed by atoms with Crippen molar-refractivity contribution in [1.82, 2.24) is 5.32 Å². The van der Waals surface area contributed by atoms with E-state index in [1.54, 1.807) is 24.3 Å². The lowest BCUT2D eigenvalue weighted by Crippen LogP contribution is -2.54. The average Bonchev–Trinajstić information content (AvgIpc) is 2.94. The number of anilines is 2. The predicted octanol–water partition coefficient (Wildman–Crippen LogP) is 3.30. The molecule has 0 atom stereocenters. The van der Waals surface area contributed by atoms with Gasteiger partial charge in [-0.2, -0.15) is 0 Å². The summed E-state index contributed by atoms with van der Waals surface area (Å²) >= 11 is 0. The SMILES string of the molecule is COc1ccc(NC(=O)COc2ccc(/C=C3/C(=O)NC(=O)N(c4cccc([N+](=O)[O-])c4)C3=O)cc2OC)cc1. The Balaban J connectivity index is 1.50. The molecular weight excluding hydrogens is 524 g/mol. The number of non-ortho nitro benzene ring substituents is 1. The minimum atomic E-state index is -1.04. The number of benzene rings is 3. The van der Waals surface area contributed by atoms with Gasteiger partial charge in [0.1, 0.15) is 11.3 Å². The van der Waals surface area contributed by atoms with Crippen LogP contribution in [-0.4, -0.2) is 49.5 Å². The molecule has 0 unspecified atom stereocenters. The minimum absolute atomic E-state index is 0.0793. The molecule has 204 valence electrons. The summed E-state index contributed by atoms with van der Waals surface area (Å²) in [5, 5.41) is 15.9. The number of ether oxygens (including phenoxy) is 3. The van der Waals surface area contributed by atoms with Crippen LogP contribution >= 0.6 is 0 Å². The van der Waals surface area contributed by atoms with Gasteiger partial charge in [0.15, 0.2) is 18.1 Å². The molecule has 0 aliphatic carbocycles. The average molecular weight is 546 g/mol. The smallest absolute Gasteiger partial charge is 0.335 e. The third kappa shape index (κ3) is 6.05. The third-order valence-corrected chi connectivity index (χ3v) is 5.63. The van der Waals surface area contributed by atoms with Crippen LogP contribution < -0.4 is 29.7 Å². The molecule has 3 aromatic carbocycles. The van der Waals surface area contributed by atoms with Gasteiger partial charge in [0.05, 0.1) is 24.8 Å². The van der Waals surface area contributed by atoms with Gasteiger partial charge in [-0.15, -0.1) is 0 Å². The molecule has 13 nitrogen and oxygen atoms in total. The van der Waals surface area contributed by atoms with Crippen molar-refractivity contribution < 1.29 is 38.3 Å². The number of nitrogens with one attached hydrogen (secondary N) is 2. The van der Waals surface area contributed by atoms with E-state index in [1.165, 1.54) is 56.7 Å². The van der Waals surface area contributed by atoms with Crippen molar-refractivity contribution in [2.75, 3.05) is 31.0 Å². The molecule has 40 heavy (non-hydrogen) atoms. The van der Waals surface area contributed by atoms with Crippen LogP contribution in [0.25, 0.3) is 6.08 Å². The molecule has 0 spiro atoms. The first-order valence-electron chi connectivity index (χ1n) is 11.6. The largest absolute Gasteiger partial charge is 0.497 e. The summed E-state index contributed by atoms with van der Waals surface area (Å²) in [6.07, 6.45) is 1.23. The van der Waals surface area contributed by atoms with Crippen molar-refractivity contribution >= 4 is 46.9 Å². The number of amides is 5. The van der Waals surface area contributed by atoms with Crippen LogP contribution in [0.1, 0.15) is 5.56 Å². The molecule has 0 aromatic heterocycles. The molecule has 2 N–H and O–H groups in total. The highest BCUT2D eigenvalue weighted by atomic mass is 16.6. The fraction of sp³-hybridized carbons (Fsp3) is 0.111. The molecule has 5 amide bonds. The molecule has 1 fully saturated rings. The van der Waals surface area contributed by atoms with E-state index < -0.39 is 28.7 Å². The monoisotopic (exact) mass is 546 g/mol. The molecule has 1 heterocycles. The Morgan fingerprint density at radius 1 is 1.00 bits per heavy atom. The Morgan fingerprint density at radius 2 is 1.75 bits per heavy atom. The number of hydrogen-bond donors (Lipinski definition) is 2. The summed E-state index contributed by atoms with van der Waals surface area (Å²) in [5.41, 5.74) is 0.0960. The van der Waals surface area contributed by atoms with Gasteiger partial charge in [-0.25, -0.2) is 9.69 Å². The van der Waals surface area contributed by atoms with Crippen LogP contribution in [-0.2, 0) is 14.4 Å². The van der Waals surface area contributed by atoms with Crippen LogP contribution in [0.4, 0.5) is 21.9 Å². The number of imide groups is 2. The highest BCUT2D eigenvalue weighted by molar-refractivity contribution is 6.39. The standard InChI is InChI=1S/C27H22N4O9/c1-38-20-9-7-17(8-10-20)28-24(32)15-40-22-11-6-16(13-23(22)39-2)12-21-25(33)29-27(35)30(26(21)34)18-4-3-5-19(14-18)31(36)37/h3-14H,15H2,1-2H3,(H,28,32)(H,29,33,35)/b21-12-. The zero-order valence-corrected chi connectivity index (χ0v) is 21.2. The summed E-state index contributed by atoms with van der Waals surface area (Å²) in [6.45, 7) is -0.329. The number of nitrogens with zero attached hydrogens (tertiary/aromatic N) is 2. The molecule has 0 saturated carbocycles. The number of barbiturate groups is 1. The fourth-order valence-electron chi connectivity index (χ4n) is 3.71. The first-order valence-corrected chi connectivity index (χ1v) is 11.6. The maximum absolute atomic E-state index is 13.1. The van der Waals surface area contributed by atoms with Crippen molar-refractivity contribution in [2.45, 2.75) is 0 Å². The van der Waals surface area contributed by atoms with E-state index >= 15 is 0 Å². The minimum Gasteiger partial charge on any atom is -0.497 e. The van der Waals surface area contributed by atoms with Crippen LogP contribution in [0.2, 0.25) is 0 Å². The molecular formula is C27H22N4O9. The summed E-state index contributed by atoms with van der Waals surface area (Å²) in [4.78, 5) is 61.4. The number of rotatable bonds is 9. The number of methoxy groups -OCH3 is 2. The van der Waals surface area contributed by atoms with Gasteiger partial charge in [-0.05, 0) is 54.1 Å². The van der Waals surface area contributed by atoms with Crippen molar-refractivity contribution in [2.24, 2.45) is 0 Å². The van der Waals surface area contributed by atoms with Gasteiger partial charge in [-0.3, -0.25) is 29.8 Å². The lowest BCUT2D eigenvalue weighted by Gasteiger charge is -2.26. The van der Waals surface area contributed by atoms with Gasteiger partial charge in [0.2, 0.25) is 0 Å². The molecule has 1 aliphatic rings. The third-order valence-electron chi connectivity index (χ3n) is 5.63. The quantitative estimate of drug-likeness (QED) is 0.177. The van der Waals surface area contributed by atoms with Crippen LogP contribution in [0, 0.1) is 10.1 Å². The Bertz CT molecular complexity index is 1530. The summed E-state index contributed by atoms with van der Waals surface area (Å²) < 4.78 is 16.0. The lowest BCUT2D eigenvalue weighted by atomic mass is 10.1. The van der Waals surface area contributed by atoms with Gasteiger partial charge >= 0.3 is 6.03 Å². The van der Waals surface area contributed by atoms with Crippen molar-refractivity contribution in [3.63, 3.8) is 0 Å². The summed E-state index contributed by atoms with van der Waals surface area (Å²) in [5.74, 6) is -1.25. The molecule has 4 rings (SSSR count). The second kappa shape index (κ2) is 11.8. The number of nitro groups is 1. The maximum Gasteiger partial charge on any atom is 0.335 e. The van der Waals surface area contributed by atoms with Gasteiger partial charge < -0.3 is 19.5 Å². The number of urea groups is 1. The number of nitro benzene ring substituents is 1. The molecule has 13 heteroatoms. The first kappa shape index (κ1) is 27.3. The second-order valence-electron chi connectivity index (χ2n) is 8.21. The van der Waals surface area contributed by atoms with Crippen LogP contribution in [0.3, 0.4) is 0 Å². The van der Waals surface area contributed by atoms with E-state index in [9.17, 15) is 29.3 Å². The molecule has 0 radical (unpaired) electrons. The number of hydrogen-bond acceptors (Lipinski definition) is 9. The zero-order chi connectivity index (χ0) is 28.8. The highest BCUT2D eigenvalue weighted by Gasteiger charge is 2.37. The van der Waals surface area contributed by atoms with Gasteiger partial charge in [0, 0.05) is 17.8 Å². The van der Waals surface area contributed by atoms with E-state index in [0.29, 0.717) is 21.9 Å². The lowest BCUT2D eigenvalue weighted by molar-refractivity contribution is -0.384. The Labute approximate surface area is 227 Å². The van der Waals surface area contributed by atoms with Crippen molar-refractivity contribution in [3.8, 4) is 17.2 Å². The Morgan fingerprint density at radius 3 is 2.42 bits per heavy atom. The molecule has 1 aliphatic heterocycles. The Hall–Kier alpha value is -5.72. The van der Waals surface area contributed by atoms with Crippen molar-refractivity contribution in [1.29, 1.82) is 0 Å². The summed E-state index contributed by atoms with van der Waals surface area (Å²) in [6, 6.07) is 15.1. The molecule has 1 saturated heterocycles. The highest BCUT2D eigenvalue weighted by Crippen LogP contribution is 2.30. The Kier molecular flexibility index (Phi) is 8.04. The predicted molar refractivity (Wildman–Crippen MR) is 142 cm³/mol. The van der Waals surface area contributed by atoms with Crippen LogP contribution in [0.15, 0.2) is 72.3 Å². The fourth-order valence-corrected chi connectivity index (χ4v) is 3.71. The van der Waals surface area contributed by atoms with E-state index in [1.807, 2.05) is 0 Å². The van der Waals surface area contributed by atoms with E-state index in [0.717, 1.165) is 6.07 Å².